The number of nitrogens with zero attached hydrogens (tertiary/aromatic N) is 1. The number of para-hydroxylation sites is 1. The van der Waals surface area contributed by atoms with Crippen LogP contribution in [0.1, 0.15) is 69.3 Å². The van der Waals surface area contributed by atoms with E-state index in [1.165, 1.54) is 24.3 Å². The first-order valence-corrected chi connectivity index (χ1v) is 19.0. The molecule has 3 aromatic rings. The number of nitrogens with one attached hydrogen (secondary N) is 5. The fraction of sp³-hybridized carbons (Fsp3) is 0.538. The van der Waals surface area contributed by atoms with E-state index in [1.54, 1.807) is 19.1 Å². The van der Waals surface area contributed by atoms with Gasteiger partial charge in [-0.25, -0.2) is 4.39 Å². The van der Waals surface area contributed by atoms with Crippen molar-refractivity contribution in [3.05, 3.63) is 70.7 Å². The summed E-state index contributed by atoms with van der Waals surface area (Å²) in [7, 11) is 0. The van der Waals surface area contributed by atoms with Gasteiger partial charge in [0.05, 0.1) is 48.4 Å². The molecule has 10 nitrogen and oxygen atoms in total. The van der Waals surface area contributed by atoms with E-state index in [0.29, 0.717) is 54.4 Å². The third-order valence-corrected chi connectivity index (χ3v) is 11.3. The molecule has 1 aliphatic heterocycles. The van der Waals surface area contributed by atoms with E-state index in [0.717, 1.165) is 19.2 Å². The van der Waals surface area contributed by atoms with Crippen LogP contribution in [0.15, 0.2) is 42.5 Å². The molecule has 15 heteroatoms. The highest BCUT2D eigenvalue weighted by atomic mass is 32.1. The summed E-state index contributed by atoms with van der Waals surface area (Å²) < 4.78 is 62.1. The van der Waals surface area contributed by atoms with Crippen molar-refractivity contribution in [2.45, 2.75) is 90.0 Å². The van der Waals surface area contributed by atoms with E-state index in [4.69, 9.17) is 17.0 Å². The summed E-state index contributed by atoms with van der Waals surface area (Å²) in [5.41, 5.74) is -1.31. The van der Waals surface area contributed by atoms with Gasteiger partial charge in [-0.15, -0.1) is 0 Å². The van der Waals surface area contributed by atoms with Gasteiger partial charge in [0.15, 0.2) is 0 Å². The van der Waals surface area contributed by atoms with E-state index in [1.807, 2.05) is 20.8 Å². The van der Waals surface area contributed by atoms with E-state index < -0.39 is 52.9 Å². The van der Waals surface area contributed by atoms with Gasteiger partial charge in [-0.05, 0) is 47.9 Å². The molecule has 3 amide bonds. The van der Waals surface area contributed by atoms with Crippen LogP contribution in [-0.2, 0) is 44.6 Å². The summed E-state index contributed by atoms with van der Waals surface area (Å²) >= 11 is 5.84. The van der Waals surface area contributed by atoms with E-state index in [-0.39, 0.29) is 48.6 Å². The molecular weight excluding hydrogens is 725 g/mol. The van der Waals surface area contributed by atoms with Crippen molar-refractivity contribution in [2.24, 2.45) is 11.8 Å². The van der Waals surface area contributed by atoms with Crippen molar-refractivity contribution < 1.29 is 36.7 Å². The summed E-state index contributed by atoms with van der Waals surface area (Å²) in [6.45, 7) is 10.7. The van der Waals surface area contributed by atoms with Gasteiger partial charge < -0.3 is 31.0 Å². The number of hydrogen-bond donors (Lipinski definition) is 5. The van der Waals surface area contributed by atoms with Gasteiger partial charge in [-0.2, -0.15) is 13.2 Å². The Balaban J connectivity index is 1.47. The summed E-state index contributed by atoms with van der Waals surface area (Å²) in [5.74, 6) is -2.79. The van der Waals surface area contributed by atoms with Crippen LogP contribution in [-0.4, -0.2) is 83.2 Å². The number of ether oxygens (including phenoxy) is 1. The Kier molecular flexibility index (Phi) is 13.4. The van der Waals surface area contributed by atoms with Gasteiger partial charge in [-0.1, -0.05) is 83.1 Å². The molecule has 2 aromatic carbocycles. The number of aromatic nitrogens is 1. The maximum atomic E-state index is 14.8. The van der Waals surface area contributed by atoms with Crippen molar-refractivity contribution in [1.82, 2.24) is 31.2 Å². The molecule has 5 atom stereocenters. The molecule has 54 heavy (non-hydrogen) atoms. The topological polar surface area (TPSA) is 128 Å². The van der Waals surface area contributed by atoms with Crippen LogP contribution in [0.5, 0.6) is 0 Å². The summed E-state index contributed by atoms with van der Waals surface area (Å²) in [4.78, 5) is 47.9. The smallest absolute Gasteiger partial charge is 0.379 e. The van der Waals surface area contributed by atoms with Crippen LogP contribution >= 0.6 is 12.2 Å². The third-order valence-electron chi connectivity index (χ3n) is 10.9. The molecule has 0 radical (unpaired) electrons. The van der Waals surface area contributed by atoms with Gasteiger partial charge in [0.2, 0.25) is 17.7 Å². The lowest BCUT2D eigenvalue weighted by molar-refractivity contribution is -0.137. The average Bonchev–Trinajstić information content (AvgIpc) is 3.52. The number of aryl methyl sites for hydroxylation is 1. The molecule has 0 bridgehead atoms. The molecule has 0 saturated carbocycles. The number of fused-ring (bicyclic) bond motifs is 3. The second-order valence-corrected chi connectivity index (χ2v) is 15.0. The standard InChI is InChI=1S/C39H50F4N6O4S/c1-5-23(3)32(46-31(50)20-25-10-7-8-13-29(25)40)35(51)48-38(15-14-30-27(21-38)26-11-9-12-28(34(26)45-30)39(41,42)43)37(52)47-33(24(4)6-2)36(54)44-22-49-16-18-53-19-17-49/h7-13,23-24,32-33,45H,5-6,14-22H2,1-4H3,(H,44,54)(H,46,50)(H,47,52)(H,48,51)/t23?,24-,32-,33?,38+/m0/s1. The van der Waals surface area contributed by atoms with Crippen molar-refractivity contribution >= 4 is 45.8 Å². The largest absolute Gasteiger partial charge is 0.418 e. The molecule has 5 N–H and O–H groups in total. The number of H-pyrrole nitrogens is 1. The Morgan fingerprint density at radius 3 is 2.33 bits per heavy atom. The zero-order chi connectivity index (χ0) is 39.2. The van der Waals surface area contributed by atoms with Crippen LogP contribution in [0.25, 0.3) is 10.9 Å². The van der Waals surface area contributed by atoms with Crippen LogP contribution in [0, 0.1) is 17.7 Å². The number of rotatable bonds is 14. The summed E-state index contributed by atoms with van der Waals surface area (Å²) in [6.07, 6.45) is -3.65. The molecule has 0 spiro atoms. The average molecular weight is 775 g/mol. The van der Waals surface area contributed by atoms with E-state index >= 15 is 0 Å². The monoisotopic (exact) mass is 774 g/mol. The number of carbonyl (C=O) groups is 3. The van der Waals surface area contributed by atoms with Gasteiger partial charge >= 0.3 is 6.18 Å². The van der Waals surface area contributed by atoms with Gasteiger partial charge in [0.25, 0.3) is 0 Å². The van der Waals surface area contributed by atoms with E-state index in [9.17, 15) is 31.9 Å². The number of hydrogen-bond acceptors (Lipinski definition) is 6. The van der Waals surface area contributed by atoms with Crippen LogP contribution in [0.2, 0.25) is 0 Å². The fourth-order valence-corrected chi connectivity index (χ4v) is 7.52. The Morgan fingerprint density at radius 1 is 0.981 bits per heavy atom. The van der Waals surface area contributed by atoms with Crippen molar-refractivity contribution in [1.29, 1.82) is 0 Å². The lowest BCUT2D eigenvalue weighted by Crippen LogP contribution is -2.67. The lowest BCUT2D eigenvalue weighted by Gasteiger charge is -2.40. The summed E-state index contributed by atoms with van der Waals surface area (Å²) in [6, 6.07) is 8.07. The maximum Gasteiger partial charge on any atom is 0.418 e. The van der Waals surface area contributed by atoms with Gasteiger partial charge in [0, 0.05) is 30.6 Å². The highest BCUT2D eigenvalue weighted by Gasteiger charge is 2.47. The second-order valence-electron chi connectivity index (χ2n) is 14.5. The predicted octanol–water partition coefficient (Wildman–Crippen LogP) is 5.18. The van der Waals surface area contributed by atoms with Crippen LogP contribution in [0.3, 0.4) is 0 Å². The minimum atomic E-state index is -4.62. The summed E-state index contributed by atoms with van der Waals surface area (Å²) in [5, 5.41) is 12.5. The number of morpholine rings is 1. The number of thiocarbonyl (C=S) groups is 1. The first kappa shape index (κ1) is 41.1. The molecule has 1 aliphatic carbocycles. The first-order valence-electron chi connectivity index (χ1n) is 18.6. The zero-order valence-corrected chi connectivity index (χ0v) is 31.9. The molecule has 5 rings (SSSR count). The van der Waals surface area contributed by atoms with Crippen LogP contribution < -0.4 is 21.3 Å². The lowest BCUT2D eigenvalue weighted by atomic mass is 9.78. The predicted molar refractivity (Wildman–Crippen MR) is 202 cm³/mol. The van der Waals surface area contributed by atoms with Crippen molar-refractivity contribution in [3.8, 4) is 0 Å². The van der Waals surface area contributed by atoms with Crippen LogP contribution in [0.4, 0.5) is 17.6 Å². The zero-order valence-electron chi connectivity index (χ0n) is 31.1. The van der Waals surface area contributed by atoms with Gasteiger partial charge in [-0.3, -0.25) is 19.3 Å². The Labute approximate surface area is 318 Å². The fourth-order valence-electron chi connectivity index (χ4n) is 7.16. The molecule has 2 unspecified atom stereocenters. The normalized spacial score (nSPS) is 19.9. The van der Waals surface area contributed by atoms with Crippen molar-refractivity contribution in [2.75, 3.05) is 33.0 Å². The highest BCUT2D eigenvalue weighted by molar-refractivity contribution is 7.80. The SMILES string of the molecule is CCC(C)[C@H](NC(=O)Cc1ccccc1F)C(=O)N[C@]1(C(=O)NC(C(=S)NCN2CCOCC2)[C@@H](C)CC)CCc2[nH]c3c(C(F)(F)F)cccc3c2C1. The Morgan fingerprint density at radius 2 is 1.67 bits per heavy atom. The minimum Gasteiger partial charge on any atom is -0.379 e. The number of amides is 3. The quantitative estimate of drug-likeness (QED) is 0.113. The molecule has 1 saturated heterocycles. The number of benzene rings is 2. The third kappa shape index (κ3) is 9.40. The van der Waals surface area contributed by atoms with Crippen molar-refractivity contribution in [3.63, 3.8) is 0 Å². The maximum absolute atomic E-state index is 14.8. The molecule has 2 aliphatic rings. The molecular formula is C39H50F4N6O4S. The molecule has 2 heterocycles. The Bertz CT molecular complexity index is 1830. The number of carbonyl (C=O) groups excluding carboxylic acids is 3. The first-order chi connectivity index (χ1) is 25.7. The molecule has 1 aromatic heterocycles. The molecule has 1 fully saturated rings. The number of aromatic amines is 1. The number of halogens is 4. The minimum absolute atomic E-state index is 0.0589. The van der Waals surface area contributed by atoms with Gasteiger partial charge in [0.1, 0.15) is 17.4 Å². The number of alkyl halides is 3. The molecule has 294 valence electrons. The second kappa shape index (κ2) is 17.6. The Hall–Kier alpha value is -4.08. The highest BCUT2D eigenvalue weighted by Crippen LogP contribution is 2.40. The van der Waals surface area contributed by atoms with E-state index in [2.05, 4.69) is 31.2 Å².